The molecule has 0 bridgehead atoms. The summed E-state index contributed by atoms with van der Waals surface area (Å²) in [5, 5.41) is 0. The van der Waals surface area contributed by atoms with Crippen molar-refractivity contribution in [1.29, 1.82) is 0 Å². The number of rotatable bonds is 4. The van der Waals surface area contributed by atoms with Crippen LogP contribution < -0.4 is 9.47 Å². The highest BCUT2D eigenvalue weighted by atomic mass is 32.1. The van der Waals surface area contributed by atoms with Gasteiger partial charge in [-0.3, -0.25) is 0 Å². The van der Waals surface area contributed by atoms with Gasteiger partial charge in [-0.2, -0.15) is 0 Å². The summed E-state index contributed by atoms with van der Waals surface area (Å²) in [5.74, 6) is 1.98. The Morgan fingerprint density at radius 1 is 0.944 bits per heavy atom. The van der Waals surface area contributed by atoms with Crippen molar-refractivity contribution in [2.45, 2.75) is 53.4 Å². The molecule has 0 fully saturated rings. The summed E-state index contributed by atoms with van der Waals surface area (Å²) >= 11 is 1.77. The van der Waals surface area contributed by atoms with Crippen LogP contribution in [0.15, 0.2) is 0 Å². The molecule has 1 aliphatic heterocycles. The standard InChI is InChI=1S/C15H24O2S/c1-5-7-15(8-6-2)9-16-13-11(3)18-12(4)14(13)17-10-15/h5-10H2,1-4H3. The van der Waals surface area contributed by atoms with Crippen molar-refractivity contribution in [3.05, 3.63) is 9.75 Å². The number of thiophene rings is 1. The maximum atomic E-state index is 6.11. The lowest BCUT2D eigenvalue weighted by atomic mass is 9.81. The Hall–Kier alpha value is -0.700. The second-order valence-corrected chi connectivity index (χ2v) is 6.88. The molecule has 2 nitrogen and oxygen atoms in total. The summed E-state index contributed by atoms with van der Waals surface area (Å²) < 4.78 is 12.2. The Labute approximate surface area is 114 Å². The Bertz CT molecular complexity index is 372. The minimum Gasteiger partial charge on any atom is -0.488 e. The molecule has 0 N–H and O–H groups in total. The van der Waals surface area contributed by atoms with Crippen molar-refractivity contribution in [2.24, 2.45) is 5.41 Å². The Balaban J connectivity index is 2.22. The van der Waals surface area contributed by atoms with Crippen molar-refractivity contribution >= 4 is 11.3 Å². The molecule has 0 saturated carbocycles. The summed E-state index contributed by atoms with van der Waals surface area (Å²) in [6, 6.07) is 0. The Morgan fingerprint density at radius 2 is 1.39 bits per heavy atom. The van der Waals surface area contributed by atoms with E-state index in [0.717, 1.165) is 24.7 Å². The van der Waals surface area contributed by atoms with E-state index in [1.807, 2.05) is 0 Å². The van der Waals surface area contributed by atoms with Crippen LogP contribution in [0.3, 0.4) is 0 Å². The molecule has 18 heavy (non-hydrogen) atoms. The molecule has 0 atom stereocenters. The summed E-state index contributed by atoms with van der Waals surface area (Å²) in [7, 11) is 0. The third-order valence-corrected chi connectivity index (χ3v) is 4.74. The van der Waals surface area contributed by atoms with E-state index in [9.17, 15) is 0 Å². The van der Waals surface area contributed by atoms with E-state index in [2.05, 4.69) is 27.7 Å². The molecular formula is C15H24O2S. The maximum absolute atomic E-state index is 6.11. The maximum Gasteiger partial charge on any atom is 0.175 e. The summed E-state index contributed by atoms with van der Waals surface area (Å²) in [5.41, 5.74) is 0.207. The molecule has 102 valence electrons. The zero-order valence-electron chi connectivity index (χ0n) is 12.0. The molecule has 0 radical (unpaired) electrons. The lowest BCUT2D eigenvalue weighted by Gasteiger charge is -2.30. The van der Waals surface area contributed by atoms with Gasteiger partial charge in [0.1, 0.15) is 0 Å². The number of aryl methyl sites for hydroxylation is 2. The zero-order chi connectivity index (χ0) is 13.2. The quantitative estimate of drug-likeness (QED) is 0.786. The first kappa shape index (κ1) is 13.7. The topological polar surface area (TPSA) is 18.5 Å². The highest BCUT2D eigenvalue weighted by Crippen LogP contribution is 2.46. The molecule has 0 aromatic carbocycles. The molecule has 1 aliphatic rings. The average molecular weight is 268 g/mol. The molecule has 0 spiro atoms. The van der Waals surface area contributed by atoms with Crippen molar-refractivity contribution in [1.82, 2.24) is 0 Å². The second kappa shape index (κ2) is 5.52. The Kier molecular flexibility index (Phi) is 4.21. The lowest BCUT2D eigenvalue weighted by Crippen LogP contribution is -2.33. The van der Waals surface area contributed by atoms with E-state index < -0.39 is 0 Å². The van der Waals surface area contributed by atoms with Gasteiger partial charge in [-0.05, 0) is 26.7 Å². The van der Waals surface area contributed by atoms with Gasteiger partial charge in [0.15, 0.2) is 11.5 Å². The van der Waals surface area contributed by atoms with Gasteiger partial charge in [0.2, 0.25) is 0 Å². The highest BCUT2D eigenvalue weighted by Gasteiger charge is 2.35. The molecule has 2 heterocycles. The van der Waals surface area contributed by atoms with Crippen LogP contribution in [0, 0.1) is 19.3 Å². The van der Waals surface area contributed by atoms with Crippen LogP contribution in [0.25, 0.3) is 0 Å². The Morgan fingerprint density at radius 3 is 1.78 bits per heavy atom. The van der Waals surface area contributed by atoms with Crippen LogP contribution in [0.2, 0.25) is 0 Å². The summed E-state index contributed by atoms with van der Waals surface area (Å²) in [6.07, 6.45) is 4.76. The van der Waals surface area contributed by atoms with Crippen LogP contribution in [0.5, 0.6) is 11.5 Å². The molecular weight excluding hydrogens is 244 g/mol. The molecule has 2 rings (SSSR count). The monoisotopic (exact) mass is 268 g/mol. The van der Waals surface area contributed by atoms with E-state index in [1.54, 1.807) is 11.3 Å². The molecule has 0 unspecified atom stereocenters. The number of hydrogen-bond donors (Lipinski definition) is 0. The van der Waals surface area contributed by atoms with Crippen molar-refractivity contribution < 1.29 is 9.47 Å². The SMILES string of the molecule is CCCC1(CCC)COc2c(C)sc(C)c2OC1. The highest BCUT2D eigenvalue weighted by molar-refractivity contribution is 7.12. The third kappa shape index (κ3) is 2.51. The molecule has 0 aliphatic carbocycles. The first-order valence-electron chi connectivity index (χ1n) is 6.97. The lowest BCUT2D eigenvalue weighted by molar-refractivity contribution is 0.0822. The molecule has 1 aromatic heterocycles. The third-order valence-electron chi connectivity index (χ3n) is 3.76. The largest absolute Gasteiger partial charge is 0.488 e. The van der Waals surface area contributed by atoms with Gasteiger partial charge >= 0.3 is 0 Å². The van der Waals surface area contributed by atoms with Gasteiger partial charge in [-0.1, -0.05) is 26.7 Å². The smallest absolute Gasteiger partial charge is 0.175 e. The van der Waals surface area contributed by atoms with Gasteiger partial charge in [0, 0.05) is 15.2 Å². The van der Waals surface area contributed by atoms with Gasteiger partial charge in [0.05, 0.1) is 13.2 Å². The first-order valence-corrected chi connectivity index (χ1v) is 7.79. The summed E-state index contributed by atoms with van der Waals surface area (Å²) in [6.45, 7) is 10.3. The first-order chi connectivity index (χ1) is 8.62. The van der Waals surface area contributed by atoms with Crippen LogP contribution >= 0.6 is 11.3 Å². The molecule has 1 aromatic rings. The van der Waals surface area contributed by atoms with Crippen molar-refractivity contribution in [2.75, 3.05) is 13.2 Å². The minimum atomic E-state index is 0.207. The summed E-state index contributed by atoms with van der Waals surface area (Å²) in [4.78, 5) is 2.48. The fourth-order valence-electron chi connectivity index (χ4n) is 2.94. The van der Waals surface area contributed by atoms with Gasteiger partial charge in [-0.15, -0.1) is 11.3 Å². The predicted molar refractivity (Wildman–Crippen MR) is 77.0 cm³/mol. The van der Waals surface area contributed by atoms with E-state index in [4.69, 9.17) is 9.47 Å². The van der Waals surface area contributed by atoms with E-state index in [1.165, 1.54) is 35.4 Å². The van der Waals surface area contributed by atoms with Gasteiger partial charge in [-0.25, -0.2) is 0 Å². The zero-order valence-corrected chi connectivity index (χ0v) is 12.8. The fourth-order valence-corrected chi connectivity index (χ4v) is 3.89. The number of ether oxygens (including phenoxy) is 2. The van der Waals surface area contributed by atoms with Crippen molar-refractivity contribution in [3.63, 3.8) is 0 Å². The van der Waals surface area contributed by atoms with Crippen molar-refractivity contribution in [3.8, 4) is 11.5 Å². The van der Waals surface area contributed by atoms with Gasteiger partial charge < -0.3 is 9.47 Å². The number of fused-ring (bicyclic) bond motifs is 1. The normalized spacial score (nSPS) is 17.6. The number of hydrogen-bond acceptors (Lipinski definition) is 3. The second-order valence-electron chi connectivity index (χ2n) is 5.45. The molecule has 0 saturated heterocycles. The average Bonchev–Trinajstić information content (AvgIpc) is 2.49. The van der Waals surface area contributed by atoms with E-state index in [-0.39, 0.29) is 5.41 Å². The van der Waals surface area contributed by atoms with E-state index in [0.29, 0.717) is 0 Å². The molecule has 0 amide bonds. The van der Waals surface area contributed by atoms with Gasteiger partial charge in [0.25, 0.3) is 0 Å². The van der Waals surface area contributed by atoms with Crippen LogP contribution in [-0.2, 0) is 0 Å². The minimum absolute atomic E-state index is 0.207. The van der Waals surface area contributed by atoms with Crippen LogP contribution in [0.4, 0.5) is 0 Å². The fraction of sp³-hybridized carbons (Fsp3) is 0.733. The van der Waals surface area contributed by atoms with Crippen LogP contribution in [-0.4, -0.2) is 13.2 Å². The van der Waals surface area contributed by atoms with Crippen LogP contribution in [0.1, 0.15) is 49.3 Å². The van der Waals surface area contributed by atoms with E-state index >= 15 is 0 Å². The predicted octanol–water partition coefficient (Wildman–Crippen LogP) is 4.72. The molecule has 3 heteroatoms.